The van der Waals surface area contributed by atoms with E-state index in [1.807, 2.05) is 61.7 Å². The Morgan fingerprint density at radius 1 is 1.00 bits per heavy atom. The van der Waals surface area contributed by atoms with Crippen molar-refractivity contribution in [3.05, 3.63) is 100 Å². The van der Waals surface area contributed by atoms with Gasteiger partial charge in [0.15, 0.2) is 0 Å². The molecule has 4 nitrogen and oxygen atoms in total. The molecule has 33 heavy (non-hydrogen) atoms. The molecule has 2 aromatic carbocycles. The third-order valence-corrected chi connectivity index (χ3v) is 6.36. The van der Waals surface area contributed by atoms with Crippen molar-refractivity contribution in [2.75, 3.05) is 6.54 Å². The lowest BCUT2D eigenvalue weighted by Crippen LogP contribution is -2.45. The number of amides is 2. The number of nitrogens with zero attached hydrogens (tertiary/aromatic N) is 2. The van der Waals surface area contributed by atoms with Gasteiger partial charge in [-0.3, -0.25) is 9.59 Å². The molecule has 0 N–H and O–H groups in total. The van der Waals surface area contributed by atoms with Gasteiger partial charge in [-0.25, -0.2) is 4.39 Å². The van der Waals surface area contributed by atoms with Gasteiger partial charge in [0.25, 0.3) is 0 Å². The second-order valence-corrected chi connectivity index (χ2v) is 8.96. The van der Waals surface area contributed by atoms with Gasteiger partial charge >= 0.3 is 0 Å². The zero-order valence-corrected chi connectivity index (χ0v) is 19.8. The van der Waals surface area contributed by atoms with Crippen LogP contribution in [0.3, 0.4) is 0 Å². The first-order valence-electron chi connectivity index (χ1n) is 11.0. The second-order valence-electron chi connectivity index (χ2n) is 7.92. The van der Waals surface area contributed by atoms with E-state index in [4.69, 9.17) is 0 Å². The fourth-order valence-corrected chi connectivity index (χ4v) is 4.10. The van der Waals surface area contributed by atoms with Crippen molar-refractivity contribution in [3.8, 4) is 0 Å². The van der Waals surface area contributed by atoms with Gasteiger partial charge < -0.3 is 9.80 Å². The lowest BCUT2D eigenvalue weighted by Gasteiger charge is -2.30. The highest BCUT2D eigenvalue weighted by molar-refractivity contribution is 7.09. The number of hydrogen-bond acceptors (Lipinski definition) is 3. The molecule has 1 heterocycles. The number of carbonyl (C=O) groups is 2. The van der Waals surface area contributed by atoms with E-state index < -0.39 is 0 Å². The molecule has 0 spiro atoms. The summed E-state index contributed by atoms with van der Waals surface area (Å²) in [5.41, 5.74) is 1.77. The van der Waals surface area contributed by atoms with E-state index in [9.17, 15) is 14.0 Å². The van der Waals surface area contributed by atoms with E-state index in [0.717, 1.165) is 22.4 Å². The van der Waals surface area contributed by atoms with Crippen LogP contribution in [-0.2, 0) is 22.7 Å². The lowest BCUT2D eigenvalue weighted by molar-refractivity contribution is -0.140. The molecule has 2 amide bonds. The SMILES string of the molecule is CCC(C)N(CC(=O)N(Cc1ccc(F)cc1)Cc1cccs1)C(=O)/C=C/c1ccccc1. The molecule has 1 unspecified atom stereocenters. The highest BCUT2D eigenvalue weighted by Crippen LogP contribution is 2.17. The van der Waals surface area contributed by atoms with Crippen LogP contribution in [0.1, 0.15) is 36.3 Å². The summed E-state index contributed by atoms with van der Waals surface area (Å²) >= 11 is 1.58. The van der Waals surface area contributed by atoms with Crippen molar-refractivity contribution in [1.82, 2.24) is 9.80 Å². The van der Waals surface area contributed by atoms with Crippen LogP contribution in [-0.4, -0.2) is 34.2 Å². The average molecular weight is 465 g/mol. The van der Waals surface area contributed by atoms with Crippen molar-refractivity contribution >= 4 is 29.2 Å². The van der Waals surface area contributed by atoms with E-state index in [2.05, 4.69) is 0 Å². The van der Waals surface area contributed by atoms with Gasteiger partial charge in [-0.1, -0.05) is 55.5 Å². The maximum Gasteiger partial charge on any atom is 0.247 e. The largest absolute Gasteiger partial charge is 0.332 e. The summed E-state index contributed by atoms with van der Waals surface area (Å²) in [5, 5.41) is 1.97. The van der Waals surface area contributed by atoms with E-state index in [1.54, 1.807) is 39.3 Å². The number of thiophene rings is 1. The van der Waals surface area contributed by atoms with Crippen molar-refractivity contribution in [3.63, 3.8) is 0 Å². The molecular formula is C27H29FN2O2S. The first kappa shape index (κ1) is 24.4. The standard InChI is InChI=1S/C27H29FN2O2S/c1-3-21(2)30(26(31)16-13-22-8-5-4-6-9-22)20-27(32)29(19-25-10-7-17-33-25)18-23-11-14-24(28)15-12-23/h4-17,21H,3,18-20H2,1-2H3/b16-13+. The molecule has 0 aliphatic carbocycles. The number of rotatable bonds is 10. The maximum atomic E-state index is 13.4. The number of benzene rings is 2. The molecule has 0 aliphatic rings. The summed E-state index contributed by atoms with van der Waals surface area (Å²) in [4.78, 5) is 30.8. The minimum absolute atomic E-state index is 0.0143. The average Bonchev–Trinajstić information content (AvgIpc) is 3.35. The fraction of sp³-hybridized carbons (Fsp3) is 0.259. The fourth-order valence-electron chi connectivity index (χ4n) is 3.38. The molecule has 0 saturated carbocycles. The van der Waals surface area contributed by atoms with Crippen molar-refractivity contribution in [2.45, 2.75) is 39.4 Å². The molecule has 0 radical (unpaired) electrons. The van der Waals surface area contributed by atoms with Crippen LogP contribution >= 0.6 is 11.3 Å². The lowest BCUT2D eigenvalue weighted by atomic mass is 10.1. The molecule has 3 aromatic rings. The first-order valence-corrected chi connectivity index (χ1v) is 11.9. The Hall–Kier alpha value is -3.25. The van der Waals surface area contributed by atoms with E-state index in [-0.39, 0.29) is 30.2 Å². The minimum atomic E-state index is -0.311. The summed E-state index contributed by atoms with van der Waals surface area (Å²) in [6.45, 7) is 4.72. The Morgan fingerprint density at radius 3 is 2.36 bits per heavy atom. The summed E-state index contributed by atoms with van der Waals surface area (Å²) in [6.07, 6.45) is 4.03. The van der Waals surface area contributed by atoms with Crippen molar-refractivity contribution in [1.29, 1.82) is 0 Å². The Labute approximate surface area is 199 Å². The second kappa shape index (κ2) is 12.1. The molecule has 0 bridgehead atoms. The summed E-state index contributed by atoms with van der Waals surface area (Å²) in [7, 11) is 0. The van der Waals surface area contributed by atoms with Crippen LogP contribution in [0.25, 0.3) is 6.08 Å². The van der Waals surface area contributed by atoms with Gasteiger partial charge in [-0.15, -0.1) is 11.3 Å². The third kappa shape index (κ3) is 7.39. The van der Waals surface area contributed by atoms with Gasteiger partial charge in [-0.2, -0.15) is 0 Å². The predicted octanol–water partition coefficient (Wildman–Crippen LogP) is 5.76. The van der Waals surface area contributed by atoms with E-state index in [0.29, 0.717) is 13.1 Å². The summed E-state index contributed by atoms with van der Waals surface area (Å²) in [6, 6.07) is 19.6. The van der Waals surface area contributed by atoms with Crippen LogP contribution in [0, 0.1) is 5.82 Å². The van der Waals surface area contributed by atoms with E-state index >= 15 is 0 Å². The molecule has 172 valence electrons. The van der Waals surface area contributed by atoms with Gasteiger partial charge in [0.1, 0.15) is 12.4 Å². The number of carbonyl (C=O) groups excluding carboxylic acids is 2. The number of halogens is 1. The normalized spacial score (nSPS) is 12.0. The molecular weight excluding hydrogens is 435 g/mol. The van der Waals surface area contributed by atoms with Crippen LogP contribution in [0.2, 0.25) is 0 Å². The van der Waals surface area contributed by atoms with Gasteiger partial charge in [0.05, 0.1) is 6.54 Å². The highest BCUT2D eigenvalue weighted by Gasteiger charge is 2.24. The van der Waals surface area contributed by atoms with Gasteiger partial charge in [-0.05, 0) is 54.1 Å². The van der Waals surface area contributed by atoms with Crippen LogP contribution < -0.4 is 0 Å². The Morgan fingerprint density at radius 2 is 1.73 bits per heavy atom. The molecule has 1 aromatic heterocycles. The van der Waals surface area contributed by atoms with Crippen molar-refractivity contribution < 1.29 is 14.0 Å². The number of hydrogen-bond donors (Lipinski definition) is 0. The zero-order valence-electron chi connectivity index (χ0n) is 19.0. The van der Waals surface area contributed by atoms with Crippen LogP contribution in [0.5, 0.6) is 0 Å². The monoisotopic (exact) mass is 464 g/mol. The quantitative estimate of drug-likeness (QED) is 0.358. The van der Waals surface area contributed by atoms with Gasteiger partial charge in [0, 0.05) is 23.5 Å². The first-order chi connectivity index (χ1) is 16.0. The summed E-state index contributed by atoms with van der Waals surface area (Å²) in [5.74, 6) is -0.650. The maximum absolute atomic E-state index is 13.4. The zero-order chi connectivity index (χ0) is 23.6. The van der Waals surface area contributed by atoms with Crippen molar-refractivity contribution in [2.24, 2.45) is 0 Å². The van der Waals surface area contributed by atoms with Crippen LogP contribution in [0.15, 0.2) is 78.2 Å². The third-order valence-electron chi connectivity index (χ3n) is 5.50. The smallest absolute Gasteiger partial charge is 0.247 e. The molecule has 0 aliphatic heterocycles. The molecule has 1 atom stereocenters. The Kier molecular flexibility index (Phi) is 8.95. The Bertz CT molecular complexity index is 1050. The predicted molar refractivity (Wildman–Crippen MR) is 132 cm³/mol. The summed E-state index contributed by atoms with van der Waals surface area (Å²) < 4.78 is 13.3. The molecule has 0 saturated heterocycles. The molecule has 3 rings (SSSR count). The minimum Gasteiger partial charge on any atom is -0.332 e. The Balaban J connectivity index is 1.77. The molecule has 0 fully saturated rings. The van der Waals surface area contributed by atoms with Crippen LogP contribution in [0.4, 0.5) is 4.39 Å². The van der Waals surface area contributed by atoms with Gasteiger partial charge in [0.2, 0.25) is 11.8 Å². The highest BCUT2D eigenvalue weighted by atomic mass is 32.1. The topological polar surface area (TPSA) is 40.6 Å². The molecule has 6 heteroatoms. The van der Waals surface area contributed by atoms with E-state index in [1.165, 1.54) is 18.2 Å².